The third-order valence-corrected chi connectivity index (χ3v) is 3.80. The topological polar surface area (TPSA) is 30.0 Å². The Kier molecular flexibility index (Phi) is 4.05. The maximum Gasteiger partial charge on any atom is 0.152 e. The van der Waals surface area contributed by atoms with E-state index in [2.05, 4.69) is 4.98 Å². The van der Waals surface area contributed by atoms with E-state index < -0.39 is 0 Å². The average molecular weight is 284 g/mol. The number of aromatic nitrogens is 1. The van der Waals surface area contributed by atoms with E-state index in [1.165, 1.54) is 11.8 Å². The van der Waals surface area contributed by atoms with Crippen molar-refractivity contribution < 1.29 is 4.79 Å². The second-order valence-corrected chi connectivity index (χ2v) is 5.07. The third-order valence-electron chi connectivity index (χ3n) is 2.03. The van der Waals surface area contributed by atoms with Crippen molar-refractivity contribution in [3.63, 3.8) is 0 Å². The molecule has 0 saturated heterocycles. The number of rotatable bonds is 3. The predicted octanol–water partition coefficient (Wildman–Crippen LogP) is 4.35. The van der Waals surface area contributed by atoms with E-state index >= 15 is 0 Å². The normalized spacial score (nSPS) is 10.2. The molecule has 5 heteroatoms. The van der Waals surface area contributed by atoms with E-state index in [0.29, 0.717) is 20.6 Å². The monoisotopic (exact) mass is 283 g/mol. The number of hydrogen-bond acceptors (Lipinski definition) is 3. The number of benzene rings is 1. The SMILES string of the molecule is O=Cc1cccnc1Sc1cc(Cl)ccc1Cl. The quantitative estimate of drug-likeness (QED) is 0.785. The van der Waals surface area contributed by atoms with Crippen molar-refractivity contribution >= 4 is 41.2 Å². The summed E-state index contributed by atoms with van der Waals surface area (Å²) in [6.45, 7) is 0. The van der Waals surface area contributed by atoms with Gasteiger partial charge in [0.2, 0.25) is 0 Å². The fraction of sp³-hybridized carbons (Fsp3) is 0. The van der Waals surface area contributed by atoms with Crippen LogP contribution >= 0.6 is 35.0 Å². The largest absolute Gasteiger partial charge is 0.298 e. The van der Waals surface area contributed by atoms with Gasteiger partial charge in [0.15, 0.2) is 6.29 Å². The molecule has 0 N–H and O–H groups in total. The third kappa shape index (κ3) is 3.00. The molecule has 17 heavy (non-hydrogen) atoms. The van der Waals surface area contributed by atoms with Crippen molar-refractivity contribution in [3.8, 4) is 0 Å². The first-order valence-corrected chi connectivity index (χ1v) is 6.31. The van der Waals surface area contributed by atoms with Gasteiger partial charge in [-0.15, -0.1) is 0 Å². The summed E-state index contributed by atoms with van der Waals surface area (Å²) < 4.78 is 0. The van der Waals surface area contributed by atoms with E-state index in [0.717, 1.165) is 11.2 Å². The maximum atomic E-state index is 10.9. The van der Waals surface area contributed by atoms with Crippen molar-refractivity contribution in [2.24, 2.45) is 0 Å². The van der Waals surface area contributed by atoms with Crippen molar-refractivity contribution in [3.05, 3.63) is 52.1 Å². The minimum atomic E-state index is 0.536. The lowest BCUT2D eigenvalue weighted by Crippen LogP contribution is -1.88. The zero-order chi connectivity index (χ0) is 12.3. The molecule has 0 spiro atoms. The summed E-state index contributed by atoms with van der Waals surface area (Å²) in [5, 5.41) is 1.80. The molecule has 1 aromatic heterocycles. The highest BCUT2D eigenvalue weighted by atomic mass is 35.5. The van der Waals surface area contributed by atoms with Gasteiger partial charge in [0.05, 0.1) is 5.02 Å². The van der Waals surface area contributed by atoms with E-state index in [1.54, 1.807) is 36.5 Å². The van der Waals surface area contributed by atoms with Gasteiger partial charge in [0, 0.05) is 21.7 Å². The minimum Gasteiger partial charge on any atom is -0.298 e. The summed E-state index contributed by atoms with van der Waals surface area (Å²) in [6.07, 6.45) is 2.40. The molecule has 0 aliphatic rings. The van der Waals surface area contributed by atoms with E-state index in [9.17, 15) is 4.79 Å². The van der Waals surface area contributed by atoms with Gasteiger partial charge in [0.25, 0.3) is 0 Å². The standard InChI is InChI=1S/C12H7Cl2NOS/c13-9-3-4-10(14)11(6-9)17-12-8(7-16)2-1-5-15-12/h1-7H. The Bertz CT molecular complexity index is 560. The van der Waals surface area contributed by atoms with E-state index in [-0.39, 0.29) is 0 Å². The molecule has 0 amide bonds. The molecule has 0 bridgehead atoms. The number of nitrogens with zero attached hydrogens (tertiary/aromatic N) is 1. The molecule has 2 nitrogen and oxygen atoms in total. The fourth-order valence-corrected chi connectivity index (χ4v) is 2.62. The van der Waals surface area contributed by atoms with Crippen LogP contribution < -0.4 is 0 Å². The van der Waals surface area contributed by atoms with E-state index in [1.807, 2.05) is 0 Å². The molecule has 0 fully saturated rings. The Morgan fingerprint density at radius 3 is 2.82 bits per heavy atom. The van der Waals surface area contributed by atoms with Gasteiger partial charge in [-0.2, -0.15) is 0 Å². The van der Waals surface area contributed by atoms with Crippen molar-refractivity contribution in [1.82, 2.24) is 4.98 Å². The van der Waals surface area contributed by atoms with Crippen molar-refractivity contribution in [2.75, 3.05) is 0 Å². The van der Waals surface area contributed by atoms with Crippen molar-refractivity contribution in [1.29, 1.82) is 0 Å². The number of aldehydes is 1. The van der Waals surface area contributed by atoms with Crippen LogP contribution in [-0.2, 0) is 0 Å². The van der Waals surface area contributed by atoms with Crippen molar-refractivity contribution in [2.45, 2.75) is 9.92 Å². The predicted molar refractivity (Wildman–Crippen MR) is 70.2 cm³/mol. The molecule has 2 aromatic rings. The summed E-state index contributed by atoms with van der Waals surface area (Å²) in [7, 11) is 0. The first-order valence-electron chi connectivity index (χ1n) is 4.74. The molecule has 0 aliphatic carbocycles. The van der Waals surface area contributed by atoms with Crippen LogP contribution in [0.4, 0.5) is 0 Å². The Balaban J connectivity index is 2.37. The first-order chi connectivity index (χ1) is 8.20. The van der Waals surface area contributed by atoms with Crippen LogP contribution in [0, 0.1) is 0 Å². The lowest BCUT2D eigenvalue weighted by molar-refractivity contribution is 0.112. The second kappa shape index (κ2) is 5.54. The van der Waals surface area contributed by atoms with E-state index in [4.69, 9.17) is 23.2 Å². The summed E-state index contributed by atoms with van der Waals surface area (Å²) in [4.78, 5) is 15.8. The molecule has 0 saturated carbocycles. The highest BCUT2D eigenvalue weighted by molar-refractivity contribution is 7.99. The van der Waals surface area contributed by atoms with Gasteiger partial charge in [-0.25, -0.2) is 4.98 Å². The molecular formula is C12H7Cl2NOS. The summed E-state index contributed by atoms with van der Waals surface area (Å²) in [5.41, 5.74) is 0.536. The molecule has 86 valence electrons. The summed E-state index contributed by atoms with van der Waals surface area (Å²) in [6, 6.07) is 8.61. The van der Waals surface area contributed by atoms with Crippen LogP contribution in [0.5, 0.6) is 0 Å². The maximum absolute atomic E-state index is 10.9. The van der Waals surface area contributed by atoms with Crippen LogP contribution in [0.25, 0.3) is 0 Å². The molecule has 0 atom stereocenters. The number of pyridine rings is 1. The number of halogens is 2. The Labute approximate surface area is 113 Å². The molecule has 1 aromatic carbocycles. The highest BCUT2D eigenvalue weighted by Crippen LogP contribution is 2.35. The first kappa shape index (κ1) is 12.4. The number of carbonyl (C=O) groups is 1. The summed E-state index contributed by atoms with van der Waals surface area (Å²) >= 11 is 13.3. The Morgan fingerprint density at radius 1 is 1.24 bits per heavy atom. The molecule has 2 rings (SSSR count). The summed E-state index contributed by atoms with van der Waals surface area (Å²) in [5.74, 6) is 0. The van der Waals surface area contributed by atoms with Gasteiger partial charge >= 0.3 is 0 Å². The molecule has 0 radical (unpaired) electrons. The van der Waals surface area contributed by atoms with Gasteiger partial charge < -0.3 is 0 Å². The van der Waals surface area contributed by atoms with Gasteiger partial charge in [-0.1, -0.05) is 35.0 Å². The number of hydrogen-bond donors (Lipinski definition) is 0. The Morgan fingerprint density at radius 2 is 2.06 bits per heavy atom. The highest BCUT2D eigenvalue weighted by Gasteiger charge is 2.08. The lowest BCUT2D eigenvalue weighted by Gasteiger charge is -2.05. The van der Waals surface area contributed by atoms with Gasteiger partial charge in [0.1, 0.15) is 5.03 Å². The van der Waals surface area contributed by atoms with Crippen LogP contribution in [0.15, 0.2) is 46.5 Å². The second-order valence-electron chi connectivity index (χ2n) is 3.19. The van der Waals surface area contributed by atoms with Crippen LogP contribution in [0.2, 0.25) is 10.0 Å². The zero-order valence-corrected chi connectivity index (χ0v) is 10.9. The van der Waals surface area contributed by atoms with Crippen LogP contribution in [0.3, 0.4) is 0 Å². The minimum absolute atomic E-state index is 0.536. The lowest BCUT2D eigenvalue weighted by atomic mass is 10.3. The van der Waals surface area contributed by atoms with Gasteiger partial charge in [-0.05, 0) is 30.3 Å². The molecule has 1 heterocycles. The smallest absolute Gasteiger partial charge is 0.152 e. The van der Waals surface area contributed by atoms with Crippen LogP contribution in [0.1, 0.15) is 10.4 Å². The van der Waals surface area contributed by atoms with Gasteiger partial charge in [-0.3, -0.25) is 4.79 Å². The Hall–Kier alpha value is -1.03. The fourth-order valence-electron chi connectivity index (χ4n) is 1.24. The molecule has 0 unspecified atom stereocenters. The molecule has 0 aliphatic heterocycles. The van der Waals surface area contributed by atoms with Crippen LogP contribution in [-0.4, -0.2) is 11.3 Å². The number of carbonyl (C=O) groups excluding carboxylic acids is 1. The molecular weight excluding hydrogens is 277 g/mol. The average Bonchev–Trinajstić information content (AvgIpc) is 2.34. The zero-order valence-electron chi connectivity index (χ0n) is 8.56.